The minimum Gasteiger partial charge on any atom is -0.376 e. The van der Waals surface area contributed by atoms with Crippen LogP contribution >= 0.6 is 34.8 Å². The summed E-state index contributed by atoms with van der Waals surface area (Å²) < 4.78 is 13.7. The van der Waals surface area contributed by atoms with E-state index in [9.17, 15) is 4.39 Å². The molecule has 5 heteroatoms. The number of halogens is 4. The van der Waals surface area contributed by atoms with Crippen LogP contribution in [0.5, 0.6) is 0 Å². The van der Waals surface area contributed by atoms with E-state index in [2.05, 4.69) is 5.32 Å². The van der Waals surface area contributed by atoms with Gasteiger partial charge >= 0.3 is 0 Å². The Morgan fingerprint density at radius 2 is 1.74 bits per heavy atom. The lowest BCUT2D eigenvalue weighted by molar-refractivity contribution is 0.627. The molecule has 2 aromatic rings. The maximum atomic E-state index is 13.7. The van der Waals surface area contributed by atoms with E-state index in [1.54, 1.807) is 24.3 Å². The normalized spacial score (nSPS) is 12.3. The minimum atomic E-state index is -0.389. The van der Waals surface area contributed by atoms with Crippen LogP contribution in [0.4, 0.5) is 10.1 Å². The van der Waals surface area contributed by atoms with Gasteiger partial charge in [0.15, 0.2) is 0 Å². The molecule has 19 heavy (non-hydrogen) atoms. The molecular weight excluding hydrogens is 308 g/mol. The zero-order valence-corrected chi connectivity index (χ0v) is 12.3. The highest BCUT2D eigenvalue weighted by molar-refractivity contribution is 6.42. The molecule has 1 nitrogen and oxygen atoms in total. The third-order valence-corrected chi connectivity index (χ3v) is 3.72. The molecule has 1 atom stereocenters. The summed E-state index contributed by atoms with van der Waals surface area (Å²) in [5, 5.41) is 4.40. The number of hydrogen-bond donors (Lipinski definition) is 1. The molecule has 0 aliphatic rings. The predicted octanol–water partition coefficient (Wildman–Crippen LogP) is 5.96. The first kappa shape index (κ1) is 14.4. The molecule has 0 aliphatic heterocycles. The van der Waals surface area contributed by atoms with Crippen LogP contribution in [0.25, 0.3) is 0 Å². The van der Waals surface area contributed by atoms with E-state index in [1.807, 2.05) is 13.0 Å². The monoisotopic (exact) mass is 317 g/mol. The Kier molecular flexibility index (Phi) is 4.56. The van der Waals surface area contributed by atoms with Crippen LogP contribution in [-0.4, -0.2) is 0 Å². The van der Waals surface area contributed by atoms with Gasteiger partial charge < -0.3 is 5.32 Å². The van der Waals surface area contributed by atoms with E-state index in [1.165, 1.54) is 6.07 Å². The van der Waals surface area contributed by atoms with Crippen LogP contribution in [0.15, 0.2) is 36.4 Å². The number of benzene rings is 2. The highest BCUT2D eigenvalue weighted by Crippen LogP contribution is 2.28. The summed E-state index contributed by atoms with van der Waals surface area (Å²) in [4.78, 5) is 0. The fraction of sp³-hybridized carbons (Fsp3) is 0.143. The van der Waals surface area contributed by atoms with E-state index in [-0.39, 0.29) is 11.9 Å². The summed E-state index contributed by atoms with van der Waals surface area (Å²) in [6.45, 7) is 1.91. The van der Waals surface area contributed by atoms with Crippen molar-refractivity contribution in [3.05, 3.63) is 62.8 Å². The lowest BCUT2D eigenvalue weighted by Gasteiger charge is -2.17. The van der Waals surface area contributed by atoms with Crippen molar-refractivity contribution in [3.8, 4) is 0 Å². The third-order valence-electron chi connectivity index (χ3n) is 2.75. The molecule has 100 valence electrons. The molecule has 0 fully saturated rings. The third kappa shape index (κ3) is 3.53. The molecule has 0 saturated heterocycles. The molecule has 0 amide bonds. The predicted molar refractivity (Wildman–Crippen MR) is 79.9 cm³/mol. The van der Waals surface area contributed by atoms with Gasteiger partial charge in [0.1, 0.15) is 5.82 Å². The van der Waals surface area contributed by atoms with Gasteiger partial charge in [-0.15, -0.1) is 0 Å². The molecule has 0 spiro atoms. The number of nitrogens with one attached hydrogen (secondary N) is 1. The summed E-state index contributed by atoms with van der Waals surface area (Å²) in [6, 6.07) is 9.72. The van der Waals surface area contributed by atoms with Crippen LogP contribution in [0.1, 0.15) is 18.5 Å². The van der Waals surface area contributed by atoms with Crippen molar-refractivity contribution in [2.75, 3.05) is 5.32 Å². The van der Waals surface area contributed by atoms with Crippen molar-refractivity contribution in [1.29, 1.82) is 0 Å². The maximum absolute atomic E-state index is 13.7. The number of rotatable bonds is 3. The highest BCUT2D eigenvalue weighted by atomic mass is 35.5. The Morgan fingerprint density at radius 1 is 1.00 bits per heavy atom. The largest absolute Gasteiger partial charge is 0.376 e. The van der Waals surface area contributed by atoms with Crippen molar-refractivity contribution in [1.82, 2.24) is 0 Å². The van der Waals surface area contributed by atoms with Gasteiger partial charge in [0.25, 0.3) is 0 Å². The van der Waals surface area contributed by atoms with Gasteiger partial charge in [0, 0.05) is 11.1 Å². The van der Waals surface area contributed by atoms with Crippen molar-refractivity contribution < 1.29 is 4.39 Å². The SMILES string of the molecule is CC(Nc1ccc(Cl)cc1F)c1ccc(Cl)c(Cl)c1. The van der Waals surface area contributed by atoms with Crippen molar-refractivity contribution in [2.24, 2.45) is 0 Å². The molecule has 2 rings (SSSR count). The Bertz CT molecular complexity index is 601. The van der Waals surface area contributed by atoms with Crippen molar-refractivity contribution in [2.45, 2.75) is 13.0 Å². The van der Waals surface area contributed by atoms with Gasteiger partial charge in [-0.3, -0.25) is 0 Å². The summed E-state index contributed by atoms with van der Waals surface area (Å²) in [7, 11) is 0. The Morgan fingerprint density at radius 3 is 2.37 bits per heavy atom. The molecule has 0 bridgehead atoms. The van der Waals surface area contributed by atoms with Crippen molar-refractivity contribution >= 4 is 40.5 Å². The van der Waals surface area contributed by atoms with E-state index in [0.29, 0.717) is 20.8 Å². The first-order chi connectivity index (χ1) is 8.97. The Hall–Kier alpha value is -0.960. The lowest BCUT2D eigenvalue weighted by atomic mass is 10.1. The van der Waals surface area contributed by atoms with E-state index >= 15 is 0 Å². The molecule has 0 radical (unpaired) electrons. The molecule has 2 aromatic carbocycles. The van der Waals surface area contributed by atoms with Crippen LogP contribution in [0.2, 0.25) is 15.1 Å². The molecule has 0 saturated carbocycles. The summed E-state index contributed by atoms with van der Waals surface area (Å²) in [5.74, 6) is -0.389. The molecule has 0 aromatic heterocycles. The summed E-state index contributed by atoms with van der Waals surface area (Å²) in [5.41, 5.74) is 1.31. The maximum Gasteiger partial charge on any atom is 0.147 e. The Labute approximate surface area is 126 Å². The highest BCUT2D eigenvalue weighted by Gasteiger charge is 2.10. The number of hydrogen-bond acceptors (Lipinski definition) is 1. The van der Waals surface area contributed by atoms with Crippen LogP contribution in [0, 0.1) is 5.82 Å². The quantitative estimate of drug-likeness (QED) is 0.736. The van der Waals surface area contributed by atoms with Crippen LogP contribution in [0.3, 0.4) is 0 Å². The smallest absolute Gasteiger partial charge is 0.147 e. The first-order valence-corrected chi connectivity index (χ1v) is 6.77. The molecule has 1 N–H and O–H groups in total. The Balaban J connectivity index is 2.20. The molecule has 1 unspecified atom stereocenters. The van der Waals surface area contributed by atoms with Crippen LogP contribution in [-0.2, 0) is 0 Å². The van der Waals surface area contributed by atoms with Gasteiger partial charge in [-0.2, -0.15) is 0 Å². The van der Waals surface area contributed by atoms with E-state index < -0.39 is 0 Å². The van der Waals surface area contributed by atoms with E-state index in [4.69, 9.17) is 34.8 Å². The second-order valence-electron chi connectivity index (χ2n) is 4.16. The van der Waals surface area contributed by atoms with Gasteiger partial charge in [0.05, 0.1) is 15.7 Å². The van der Waals surface area contributed by atoms with Gasteiger partial charge in [-0.25, -0.2) is 4.39 Å². The topological polar surface area (TPSA) is 12.0 Å². The number of anilines is 1. The summed E-state index contributed by atoms with van der Waals surface area (Å²) >= 11 is 17.5. The second-order valence-corrected chi connectivity index (χ2v) is 5.41. The van der Waals surface area contributed by atoms with Crippen LogP contribution < -0.4 is 5.32 Å². The van der Waals surface area contributed by atoms with Gasteiger partial charge in [-0.1, -0.05) is 40.9 Å². The van der Waals surface area contributed by atoms with E-state index in [0.717, 1.165) is 5.56 Å². The molecular formula is C14H11Cl3FN. The minimum absolute atomic E-state index is 0.106. The van der Waals surface area contributed by atoms with Gasteiger partial charge in [0.2, 0.25) is 0 Å². The average molecular weight is 319 g/mol. The zero-order chi connectivity index (χ0) is 14.0. The molecule has 0 aliphatic carbocycles. The average Bonchev–Trinajstić information content (AvgIpc) is 2.36. The lowest BCUT2D eigenvalue weighted by Crippen LogP contribution is -2.07. The fourth-order valence-corrected chi connectivity index (χ4v) is 2.17. The zero-order valence-electron chi connectivity index (χ0n) is 10.1. The standard InChI is InChI=1S/C14H11Cl3FN/c1-8(9-2-4-11(16)12(17)6-9)19-14-5-3-10(15)7-13(14)18/h2-8,19H,1H3. The summed E-state index contributed by atoms with van der Waals surface area (Å²) in [6.07, 6.45) is 0. The second kappa shape index (κ2) is 6.00. The fourth-order valence-electron chi connectivity index (χ4n) is 1.70. The van der Waals surface area contributed by atoms with Crippen molar-refractivity contribution in [3.63, 3.8) is 0 Å². The molecule has 0 heterocycles. The first-order valence-electron chi connectivity index (χ1n) is 5.64. The van der Waals surface area contributed by atoms with Gasteiger partial charge in [-0.05, 0) is 42.8 Å².